The van der Waals surface area contributed by atoms with Crippen molar-refractivity contribution in [3.05, 3.63) is 45.1 Å². The normalized spacial score (nSPS) is 10.5. The van der Waals surface area contributed by atoms with Crippen LogP contribution in [-0.4, -0.2) is 20.9 Å². The summed E-state index contributed by atoms with van der Waals surface area (Å²) in [7, 11) is 0. The van der Waals surface area contributed by atoms with E-state index in [2.05, 4.69) is 21.0 Å². The third-order valence-corrected chi connectivity index (χ3v) is 3.32. The maximum Gasteiger partial charge on any atom is 0.340 e. The number of para-hydroxylation sites is 1. The van der Waals surface area contributed by atoms with Crippen LogP contribution >= 0.6 is 27.5 Å². The number of aryl methyl sites for hydroxylation is 1. The van der Waals surface area contributed by atoms with E-state index in [-0.39, 0.29) is 10.7 Å². The molecule has 0 atom stereocenters. The summed E-state index contributed by atoms with van der Waals surface area (Å²) < 4.78 is 2.20. The lowest BCUT2D eigenvalue weighted by Crippen LogP contribution is -1.99. The van der Waals surface area contributed by atoms with Crippen LogP contribution in [0.2, 0.25) is 5.15 Å². The lowest BCUT2D eigenvalue weighted by Gasteiger charge is -2.05. The maximum atomic E-state index is 11.0. The second-order valence-corrected chi connectivity index (χ2v) is 4.63. The maximum absolute atomic E-state index is 11.0. The molecule has 0 saturated carbocycles. The molecular formula is C11H8BrClN2O2. The molecule has 0 aliphatic rings. The first-order valence-electron chi connectivity index (χ1n) is 4.75. The number of halogens is 2. The number of carbonyl (C=O) groups is 1. The van der Waals surface area contributed by atoms with Gasteiger partial charge in [-0.2, -0.15) is 5.10 Å². The number of hydrogen-bond acceptors (Lipinski definition) is 2. The van der Waals surface area contributed by atoms with Gasteiger partial charge in [0.2, 0.25) is 0 Å². The van der Waals surface area contributed by atoms with Crippen molar-refractivity contribution < 1.29 is 9.90 Å². The van der Waals surface area contributed by atoms with Gasteiger partial charge in [-0.1, -0.05) is 23.7 Å². The number of aromatic nitrogens is 2. The fourth-order valence-corrected chi connectivity index (χ4v) is 2.32. The predicted molar refractivity (Wildman–Crippen MR) is 68.0 cm³/mol. The lowest BCUT2D eigenvalue weighted by atomic mass is 10.3. The van der Waals surface area contributed by atoms with E-state index in [1.54, 1.807) is 13.0 Å². The molecule has 0 radical (unpaired) electrons. The van der Waals surface area contributed by atoms with Crippen molar-refractivity contribution in [1.82, 2.24) is 9.78 Å². The quantitative estimate of drug-likeness (QED) is 0.925. The van der Waals surface area contributed by atoms with Crippen molar-refractivity contribution in [1.29, 1.82) is 0 Å². The minimum absolute atomic E-state index is 0.0300. The topological polar surface area (TPSA) is 55.1 Å². The molecule has 2 rings (SSSR count). The number of hydrogen-bond donors (Lipinski definition) is 1. The van der Waals surface area contributed by atoms with E-state index in [1.165, 1.54) is 4.68 Å². The highest BCUT2D eigenvalue weighted by Crippen LogP contribution is 2.27. The number of aromatic carboxylic acids is 1. The molecule has 88 valence electrons. The predicted octanol–water partition coefficient (Wildman–Crippen LogP) is 3.29. The van der Waals surface area contributed by atoms with Gasteiger partial charge in [-0.05, 0) is 35.0 Å². The van der Waals surface area contributed by atoms with Crippen molar-refractivity contribution in [2.75, 3.05) is 0 Å². The van der Waals surface area contributed by atoms with Crippen molar-refractivity contribution in [3.63, 3.8) is 0 Å². The van der Waals surface area contributed by atoms with Gasteiger partial charge < -0.3 is 5.11 Å². The minimum atomic E-state index is -1.08. The summed E-state index contributed by atoms with van der Waals surface area (Å²) in [4.78, 5) is 11.0. The Bertz CT molecular complexity index is 595. The number of carboxylic acid groups (broad SMARTS) is 1. The molecule has 0 saturated heterocycles. The molecule has 6 heteroatoms. The standard InChI is InChI=1S/C11H8BrClN2O2/c1-6-9(11(16)17)10(13)15(14-6)8-5-3-2-4-7(8)12/h2-5H,1H3,(H,16,17). The molecule has 0 unspecified atom stereocenters. The Hall–Kier alpha value is -1.33. The highest BCUT2D eigenvalue weighted by Gasteiger charge is 2.20. The molecule has 0 aliphatic heterocycles. The summed E-state index contributed by atoms with van der Waals surface area (Å²) in [5.41, 5.74) is 1.12. The molecule has 1 N–H and O–H groups in total. The largest absolute Gasteiger partial charge is 0.478 e. The Morgan fingerprint density at radius 2 is 2.12 bits per heavy atom. The Balaban J connectivity index is 2.66. The van der Waals surface area contributed by atoms with E-state index in [0.717, 1.165) is 4.47 Å². The number of rotatable bonds is 2. The third-order valence-electron chi connectivity index (χ3n) is 2.30. The molecule has 0 spiro atoms. The number of benzene rings is 1. The first-order chi connectivity index (χ1) is 8.02. The number of carboxylic acids is 1. The van der Waals surface area contributed by atoms with Crippen LogP contribution in [0.5, 0.6) is 0 Å². The zero-order chi connectivity index (χ0) is 12.6. The van der Waals surface area contributed by atoms with Gasteiger partial charge in [0, 0.05) is 4.47 Å². The Labute approximate surface area is 111 Å². The molecule has 1 aromatic heterocycles. The molecule has 0 amide bonds. The summed E-state index contributed by atoms with van der Waals surface area (Å²) in [5, 5.41) is 13.3. The van der Waals surface area contributed by atoms with Crippen LogP contribution in [0, 0.1) is 6.92 Å². The van der Waals surface area contributed by atoms with Crippen LogP contribution < -0.4 is 0 Å². The van der Waals surface area contributed by atoms with Gasteiger partial charge >= 0.3 is 5.97 Å². The van der Waals surface area contributed by atoms with Crippen molar-refractivity contribution in [3.8, 4) is 5.69 Å². The van der Waals surface area contributed by atoms with Gasteiger partial charge in [0.1, 0.15) is 10.7 Å². The second kappa shape index (κ2) is 4.50. The van der Waals surface area contributed by atoms with Gasteiger partial charge in [-0.25, -0.2) is 9.48 Å². The van der Waals surface area contributed by atoms with E-state index < -0.39 is 5.97 Å². The smallest absolute Gasteiger partial charge is 0.340 e. The van der Waals surface area contributed by atoms with Gasteiger partial charge in [0.05, 0.1) is 11.4 Å². The second-order valence-electron chi connectivity index (χ2n) is 3.42. The summed E-state index contributed by atoms with van der Waals surface area (Å²) in [5.74, 6) is -1.08. The van der Waals surface area contributed by atoms with Crippen LogP contribution in [0.3, 0.4) is 0 Å². The van der Waals surface area contributed by atoms with Crippen molar-refractivity contribution in [2.24, 2.45) is 0 Å². The average Bonchev–Trinajstić information content (AvgIpc) is 2.55. The fraction of sp³-hybridized carbons (Fsp3) is 0.0909. The van der Waals surface area contributed by atoms with Crippen LogP contribution in [-0.2, 0) is 0 Å². The van der Waals surface area contributed by atoms with Crippen LogP contribution in [0.25, 0.3) is 5.69 Å². The fourth-order valence-electron chi connectivity index (χ4n) is 1.53. The zero-order valence-electron chi connectivity index (χ0n) is 8.82. The van der Waals surface area contributed by atoms with Crippen molar-refractivity contribution >= 4 is 33.5 Å². The van der Waals surface area contributed by atoms with E-state index >= 15 is 0 Å². The monoisotopic (exact) mass is 314 g/mol. The highest BCUT2D eigenvalue weighted by molar-refractivity contribution is 9.10. The summed E-state index contributed by atoms with van der Waals surface area (Å²) in [6.07, 6.45) is 0. The zero-order valence-corrected chi connectivity index (χ0v) is 11.2. The molecule has 0 fully saturated rings. The molecule has 17 heavy (non-hydrogen) atoms. The summed E-state index contributed by atoms with van der Waals surface area (Å²) in [6.45, 7) is 1.61. The van der Waals surface area contributed by atoms with Gasteiger partial charge in [0.15, 0.2) is 0 Å². The lowest BCUT2D eigenvalue weighted by molar-refractivity contribution is 0.0696. The molecule has 1 aromatic carbocycles. The summed E-state index contributed by atoms with van der Waals surface area (Å²) >= 11 is 9.40. The third kappa shape index (κ3) is 2.08. The Morgan fingerprint density at radius 1 is 1.47 bits per heavy atom. The summed E-state index contributed by atoms with van der Waals surface area (Å²) in [6, 6.07) is 7.32. The first-order valence-corrected chi connectivity index (χ1v) is 5.92. The van der Waals surface area contributed by atoms with Gasteiger partial charge in [0.25, 0.3) is 0 Å². The minimum Gasteiger partial charge on any atom is -0.478 e. The molecular weight excluding hydrogens is 307 g/mol. The Morgan fingerprint density at radius 3 is 2.65 bits per heavy atom. The molecule has 1 heterocycles. The van der Waals surface area contributed by atoms with E-state index in [9.17, 15) is 4.79 Å². The van der Waals surface area contributed by atoms with Crippen LogP contribution in [0.4, 0.5) is 0 Å². The SMILES string of the molecule is Cc1nn(-c2ccccc2Br)c(Cl)c1C(=O)O. The van der Waals surface area contributed by atoms with Crippen LogP contribution in [0.1, 0.15) is 16.1 Å². The molecule has 2 aromatic rings. The Kier molecular flexibility index (Phi) is 3.22. The van der Waals surface area contributed by atoms with E-state index in [4.69, 9.17) is 16.7 Å². The van der Waals surface area contributed by atoms with Crippen LogP contribution in [0.15, 0.2) is 28.7 Å². The molecule has 0 aliphatic carbocycles. The molecule has 0 bridgehead atoms. The van der Waals surface area contributed by atoms with E-state index in [0.29, 0.717) is 11.4 Å². The number of nitrogens with zero attached hydrogens (tertiary/aromatic N) is 2. The highest BCUT2D eigenvalue weighted by atomic mass is 79.9. The van der Waals surface area contributed by atoms with Crippen molar-refractivity contribution in [2.45, 2.75) is 6.92 Å². The first kappa shape index (κ1) is 12.1. The van der Waals surface area contributed by atoms with Gasteiger partial charge in [-0.3, -0.25) is 0 Å². The average molecular weight is 316 g/mol. The van der Waals surface area contributed by atoms with E-state index in [1.807, 2.05) is 18.2 Å². The molecule has 4 nitrogen and oxygen atoms in total. The van der Waals surface area contributed by atoms with Gasteiger partial charge in [-0.15, -0.1) is 0 Å².